The highest BCUT2D eigenvalue weighted by Crippen LogP contribution is 2.36. The maximum Gasteiger partial charge on any atom is 0.241 e. The molecule has 0 aliphatic carbocycles. The van der Waals surface area contributed by atoms with Crippen LogP contribution in [0.25, 0.3) is 21.6 Å². The molecule has 1 unspecified atom stereocenters. The molecular weight excluding hydrogens is 436 g/mol. The van der Waals surface area contributed by atoms with Gasteiger partial charge in [-0.25, -0.2) is 0 Å². The van der Waals surface area contributed by atoms with Gasteiger partial charge in [0.15, 0.2) is 0 Å². The molecule has 1 amide bonds. The largest absolute Gasteiger partial charge is 0.358 e. The monoisotopic (exact) mass is 468 g/mol. The van der Waals surface area contributed by atoms with E-state index in [9.17, 15) is 4.79 Å². The Kier molecular flexibility index (Phi) is 7.61. The first-order chi connectivity index (χ1) is 16.5. The molecule has 1 atom stereocenters. The SMILES string of the molecule is CNC(=O)C(c1ccccc1)N(C)Cc1ccc(-c2cccc(-c3sccc3C(C)C)c2)cc1. The first-order valence-electron chi connectivity index (χ1n) is 11.7. The molecule has 174 valence electrons. The summed E-state index contributed by atoms with van der Waals surface area (Å²) in [6.07, 6.45) is 0. The lowest BCUT2D eigenvalue weighted by molar-refractivity contribution is -0.125. The molecule has 1 heterocycles. The number of nitrogens with one attached hydrogen (secondary N) is 1. The van der Waals surface area contributed by atoms with E-state index in [-0.39, 0.29) is 11.9 Å². The highest BCUT2D eigenvalue weighted by atomic mass is 32.1. The number of likely N-dealkylation sites (N-methyl/N-ethyl adjacent to an activating group) is 2. The number of amides is 1. The third kappa shape index (κ3) is 5.30. The van der Waals surface area contributed by atoms with E-state index in [1.54, 1.807) is 7.05 Å². The summed E-state index contributed by atoms with van der Waals surface area (Å²) in [6.45, 7) is 5.18. The number of hydrogen-bond acceptors (Lipinski definition) is 3. The number of nitrogens with zero attached hydrogens (tertiary/aromatic N) is 1. The number of carbonyl (C=O) groups is 1. The van der Waals surface area contributed by atoms with E-state index >= 15 is 0 Å². The molecule has 1 N–H and O–H groups in total. The second-order valence-electron chi connectivity index (χ2n) is 8.98. The van der Waals surface area contributed by atoms with Crippen LogP contribution in [0.1, 0.15) is 42.5 Å². The minimum Gasteiger partial charge on any atom is -0.358 e. The summed E-state index contributed by atoms with van der Waals surface area (Å²) in [7, 11) is 3.69. The zero-order chi connectivity index (χ0) is 24.1. The van der Waals surface area contributed by atoms with Gasteiger partial charge in [0.05, 0.1) is 0 Å². The van der Waals surface area contributed by atoms with Crippen molar-refractivity contribution in [1.29, 1.82) is 0 Å². The zero-order valence-corrected chi connectivity index (χ0v) is 21.1. The molecule has 4 aromatic rings. The number of rotatable bonds is 8. The van der Waals surface area contributed by atoms with Gasteiger partial charge < -0.3 is 5.32 Å². The van der Waals surface area contributed by atoms with E-state index in [1.807, 2.05) is 48.7 Å². The molecule has 0 aliphatic rings. The lowest BCUT2D eigenvalue weighted by atomic mass is 9.97. The van der Waals surface area contributed by atoms with Gasteiger partial charge in [0.2, 0.25) is 5.91 Å². The van der Waals surface area contributed by atoms with Crippen molar-refractivity contribution in [1.82, 2.24) is 10.2 Å². The van der Waals surface area contributed by atoms with Gasteiger partial charge in [0.25, 0.3) is 0 Å². The summed E-state index contributed by atoms with van der Waals surface area (Å²) in [5.74, 6) is 0.507. The van der Waals surface area contributed by atoms with Crippen LogP contribution in [0.3, 0.4) is 0 Å². The van der Waals surface area contributed by atoms with Crippen LogP contribution in [-0.2, 0) is 11.3 Å². The van der Waals surface area contributed by atoms with Crippen molar-refractivity contribution in [3.05, 3.63) is 107 Å². The van der Waals surface area contributed by atoms with Crippen molar-refractivity contribution in [3.8, 4) is 21.6 Å². The fraction of sp³-hybridized carbons (Fsp3) is 0.233. The van der Waals surface area contributed by atoms with Crippen LogP contribution in [0.5, 0.6) is 0 Å². The first-order valence-corrected chi connectivity index (χ1v) is 12.6. The summed E-state index contributed by atoms with van der Waals surface area (Å²) in [5, 5.41) is 4.99. The first kappa shape index (κ1) is 23.9. The van der Waals surface area contributed by atoms with E-state index in [2.05, 4.69) is 84.0 Å². The van der Waals surface area contributed by atoms with Gasteiger partial charge in [-0.05, 0) is 63.9 Å². The van der Waals surface area contributed by atoms with E-state index in [0.29, 0.717) is 12.5 Å². The fourth-order valence-corrected chi connectivity index (χ4v) is 5.46. The third-order valence-electron chi connectivity index (χ3n) is 6.21. The molecular formula is C30H32N2OS. The molecule has 0 saturated heterocycles. The lowest BCUT2D eigenvalue weighted by Gasteiger charge is -2.27. The van der Waals surface area contributed by atoms with Gasteiger partial charge in [0, 0.05) is 18.5 Å². The second kappa shape index (κ2) is 10.8. The average molecular weight is 469 g/mol. The Morgan fingerprint density at radius 2 is 1.59 bits per heavy atom. The van der Waals surface area contributed by atoms with Crippen molar-refractivity contribution >= 4 is 17.2 Å². The summed E-state index contributed by atoms with van der Waals surface area (Å²) >= 11 is 1.81. The maximum atomic E-state index is 12.6. The highest BCUT2D eigenvalue weighted by Gasteiger charge is 2.24. The molecule has 34 heavy (non-hydrogen) atoms. The summed E-state index contributed by atoms with van der Waals surface area (Å²) < 4.78 is 0. The Morgan fingerprint density at radius 3 is 2.26 bits per heavy atom. The van der Waals surface area contributed by atoms with Crippen molar-refractivity contribution in [2.45, 2.75) is 32.4 Å². The van der Waals surface area contributed by atoms with Crippen LogP contribution >= 0.6 is 11.3 Å². The Morgan fingerprint density at radius 1 is 0.882 bits per heavy atom. The van der Waals surface area contributed by atoms with Gasteiger partial charge in [0.1, 0.15) is 6.04 Å². The van der Waals surface area contributed by atoms with E-state index in [0.717, 1.165) is 5.56 Å². The third-order valence-corrected chi connectivity index (χ3v) is 7.19. The van der Waals surface area contributed by atoms with Gasteiger partial charge in [-0.3, -0.25) is 9.69 Å². The average Bonchev–Trinajstić information content (AvgIpc) is 3.36. The topological polar surface area (TPSA) is 32.3 Å². The molecule has 0 fully saturated rings. The normalized spacial score (nSPS) is 12.2. The minimum atomic E-state index is -0.330. The fourth-order valence-electron chi connectivity index (χ4n) is 4.41. The molecule has 3 aromatic carbocycles. The molecule has 0 aliphatic heterocycles. The van der Waals surface area contributed by atoms with Crippen molar-refractivity contribution in [3.63, 3.8) is 0 Å². The number of thiophene rings is 1. The maximum absolute atomic E-state index is 12.6. The van der Waals surface area contributed by atoms with Crippen LogP contribution in [0, 0.1) is 0 Å². The van der Waals surface area contributed by atoms with Crippen LogP contribution in [0.15, 0.2) is 90.3 Å². The molecule has 0 radical (unpaired) electrons. The van der Waals surface area contributed by atoms with Crippen LogP contribution < -0.4 is 5.32 Å². The van der Waals surface area contributed by atoms with Gasteiger partial charge >= 0.3 is 0 Å². The molecule has 4 heteroatoms. The lowest BCUT2D eigenvalue weighted by Crippen LogP contribution is -2.36. The second-order valence-corrected chi connectivity index (χ2v) is 9.90. The Bertz CT molecular complexity index is 1230. The van der Waals surface area contributed by atoms with E-state index < -0.39 is 0 Å². The van der Waals surface area contributed by atoms with E-state index in [4.69, 9.17) is 0 Å². The molecule has 4 rings (SSSR count). The van der Waals surface area contributed by atoms with Crippen LogP contribution in [0.2, 0.25) is 0 Å². The van der Waals surface area contributed by atoms with Crippen LogP contribution in [0.4, 0.5) is 0 Å². The standard InChI is InChI=1S/C30H32N2OS/c1-21(2)27-17-18-34-29(27)26-12-8-11-25(19-26)23-15-13-22(14-16-23)20-32(4)28(30(33)31-3)24-9-6-5-7-10-24/h5-19,21,28H,20H2,1-4H3,(H,31,33). The van der Waals surface area contributed by atoms with E-state index in [1.165, 1.54) is 32.7 Å². The van der Waals surface area contributed by atoms with Gasteiger partial charge in [-0.15, -0.1) is 11.3 Å². The van der Waals surface area contributed by atoms with Gasteiger partial charge in [-0.1, -0.05) is 86.6 Å². The Hall–Kier alpha value is -3.21. The summed E-state index contributed by atoms with van der Waals surface area (Å²) in [6, 6.07) is 29.3. The summed E-state index contributed by atoms with van der Waals surface area (Å²) in [5.41, 5.74) is 7.26. The highest BCUT2D eigenvalue weighted by molar-refractivity contribution is 7.13. The number of carbonyl (C=O) groups excluding carboxylic acids is 1. The predicted octanol–water partition coefficient (Wildman–Crippen LogP) is 7.12. The Balaban J connectivity index is 1.53. The molecule has 1 aromatic heterocycles. The number of benzene rings is 3. The molecule has 0 bridgehead atoms. The van der Waals surface area contributed by atoms with Crippen molar-refractivity contribution < 1.29 is 4.79 Å². The quantitative estimate of drug-likeness (QED) is 0.298. The smallest absolute Gasteiger partial charge is 0.241 e. The van der Waals surface area contributed by atoms with Gasteiger partial charge in [-0.2, -0.15) is 0 Å². The summed E-state index contributed by atoms with van der Waals surface area (Å²) in [4.78, 5) is 16.1. The Labute approximate surface area is 207 Å². The molecule has 0 saturated carbocycles. The van der Waals surface area contributed by atoms with Crippen LogP contribution in [-0.4, -0.2) is 24.9 Å². The predicted molar refractivity (Wildman–Crippen MR) is 144 cm³/mol. The zero-order valence-electron chi connectivity index (χ0n) is 20.3. The molecule has 0 spiro atoms. The number of hydrogen-bond donors (Lipinski definition) is 1. The van der Waals surface area contributed by atoms with Crippen molar-refractivity contribution in [2.24, 2.45) is 0 Å². The molecule has 3 nitrogen and oxygen atoms in total. The minimum absolute atomic E-state index is 0.00326. The van der Waals surface area contributed by atoms with Crippen molar-refractivity contribution in [2.75, 3.05) is 14.1 Å².